The molecular formula is C17H26N2O2S. The van der Waals surface area contributed by atoms with Gasteiger partial charge in [0.2, 0.25) is 0 Å². The van der Waals surface area contributed by atoms with Crippen LogP contribution in [0.5, 0.6) is 0 Å². The number of amides is 2. The van der Waals surface area contributed by atoms with Crippen LogP contribution in [0.25, 0.3) is 0 Å². The third kappa shape index (κ3) is 5.54. The molecule has 2 rings (SSSR count). The summed E-state index contributed by atoms with van der Waals surface area (Å²) in [6.07, 6.45) is 2.04. The molecule has 1 fully saturated rings. The molecule has 1 aliphatic rings. The van der Waals surface area contributed by atoms with E-state index in [1.54, 1.807) is 0 Å². The van der Waals surface area contributed by atoms with E-state index in [-0.39, 0.29) is 12.1 Å². The summed E-state index contributed by atoms with van der Waals surface area (Å²) in [6.45, 7) is 5.83. The van der Waals surface area contributed by atoms with E-state index in [0.717, 1.165) is 43.2 Å². The highest BCUT2D eigenvalue weighted by atomic mass is 32.2. The number of carbonyl (C=O) groups is 1. The predicted molar refractivity (Wildman–Crippen MR) is 93.4 cm³/mol. The van der Waals surface area contributed by atoms with Gasteiger partial charge in [-0.3, -0.25) is 0 Å². The number of anilines is 1. The number of rotatable bonds is 6. The maximum Gasteiger partial charge on any atom is 0.319 e. The maximum atomic E-state index is 12.1. The molecule has 1 saturated heterocycles. The van der Waals surface area contributed by atoms with Crippen LogP contribution in [0.15, 0.2) is 24.3 Å². The molecule has 1 aromatic carbocycles. The van der Waals surface area contributed by atoms with E-state index in [9.17, 15) is 4.79 Å². The minimum absolute atomic E-state index is 0.126. The average Bonchev–Trinajstić information content (AvgIpc) is 2.54. The first-order valence-corrected chi connectivity index (χ1v) is 9.16. The second-order valence-electron chi connectivity index (χ2n) is 5.67. The third-order valence-electron chi connectivity index (χ3n) is 3.99. The van der Waals surface area contributed by atoms with Crippen LogP contribution in [0, 0.1) is 5.92 Å². The van der Waals surface area contributed by atoms with Gasteiger partial charge in [-0.2, -0.15) is 11.8 Å². The Hall–Kier alpha value is -1.20. The number of urea groups is 1. The number of thioether (sulfide) groups is 1. The van der Waals surface area contributed by atoms with Crippen molar-refractivity contribution in [2.45, 2.75) is 38.5 Å². The van der Waals surface area contributed by atoms with Gasteiger partial charge in [-0.15, -0.1) is 0 Å². The first-order chi connectivity index (χ1) is 10.7. The molecule has 0 radical (unpaired) electrons. The van der Waals surface area contributed by atoms with Crippen LogP contribution in [0.1, 0.15) is 32.3 Å². The van der Waals surface area contributed by atoms with Gasteiger partial charge in [-0.05, 0) is 49.1 Å². The highest BCUT2D eigenvalue weighted by Crippen LogP contribution is 2.19. The molecular weight excluding hydrogens is 296 g/mol. The minimum Gasteiger partial charge on any atom is -0.381 e. The standard InChI is InChI=1S/C17H26N2O2S/c1-3-22-12-14-5-4-6-16(11-14)19-17(20)18-13(2)15-7-9-21-10-8-15/h4-6,11,13,15H,3,7-10,12H2,1-2H3,(H2,18,19,20)/t13-/m1/s1. The van der Waals surface area contributed by atoms with Crippen LogP contribution in [0.3, 0.4) is 0 Å². The minimum atomic E-state index is -0.126. The number of nitrogens with one attached hydrogen (secondary N) is 2. The van der Waals surface area contributed by atoms with Gasteiger partial charge in [0.1, 0.15) is 0 Å². The fourth-order valence-corrected chi connectivity index (χ4v) is 3.29. The molecule has 122 valence electrons. The summed E-state index contributed by atoms with van der Waals surface area (Å²) >= 11 is 1.88. The first kappa shape index (κ1) is 17.2. The van der Waals surface area contributed by atoms with Crippen molar-refractivity contribution in [2.75, 3.05) is 24.3 Å². The number of benzene rings is 1. The van der Waals surface area contributed by atoms with Crippen molar-refractivity contribution in [1.29, 1.82) is 0 Å². The second kappa shape index (κ2) is 9.06. The van der Waals surface area contributed by atoms with Gasteiger partial charge in [-0.1, -0.05) is 19.1 Å². The molecule has 4 nitrogen and oxygen atoms in total. The lowest BCUT2D eigenvalue weighted by atomic mass is 9.93. The fourth-order valence-electron chi connectivity index (χ4n) is 2.67. The van der Waals surface area contributed by atoms with Crippen molar-refractivity contribution in [1.82, 2.24) is 5.32 Å². The topological polar surface area (TPSA) is 50.4 Å². The SMILES string of the molecule is CCSCc1cccc(NC(=O)N[C@H](C)C2CCOCC2)c1. The van der Waals surface area contributed by atoms with E-state index in [1.165, 1.54) is 5.56 Å². The average molecular weight is 322 g/mol. The Bertz CT molecular complexity index is 475. The van der Waals surface area contributed by atoms with Gasteiger partial charge in [0, 0.05) is 30.7 Å². The quantitative estimate of drug-likeness (QED) is 0.836. The Morgan fingerprint density at radius 3 is 2.91 bits per heavy atom. The number of hydrogen-bond acceptors (Lipinski definition) is 3. The molecule has 1 aliphatic heterocycles. The van der Waals surface area contributed by atoms with Crippen molar-refractivity contribution < 1.29 is 9.53 Å². The number of ether oxygens (including phenoxy) is 1. The van der Waals surface area contributed by atoms with Crippen molar-refractivity contribution in [3.63, 3.8) is 0 Å². The molecule has 0 spiro atoms. The van der Waals surface area contributed by atoms with Gasteiger partial charge >= 0.3 is 6.03 Å². The molecule has 22 heavy (non-hydrogen) atoms. The fraction of sp³-hybridized carbons (Fsp3) is 0.588. The van der Waals surface area contributed by atoms with Crippen LogP contribution in [-0.2, 0) is 10.5 Å². The molecule has 0 saturated carbocycles. The molecule has 1 atom stereocenters. The largest absolute Gasteiger partial charge is 0.381 e. The highest BCUT2D eigenvalue weighted by Gasteiger charge is 2.21. The van der Waals surface area contributed by atoms with E-state index < -0.39 is 0 Å². The van der Waals surface area contributed by atoms with E-state index >= 15 is 0 Å². The summed E-state index contributed by atoms with van der Waals surface area (Å²) in [4.78, 5) is 12.1. The van der Waals surface area contributed by atoms with Gasteiger partial charge in [-0.25, -0.2) is 4.79 Å². The van der Waals surface area contributed by atoms with Gasteiger partial charge in [0.15, 0.2) is 0 Å². The molecule has 0 aliphatic carbocycles. The number of hydrogen-bond donors (Lipinski definition) is 2. The van der Waals surface area contributed by atoms with Gasteiger partial charge in [0.05, 0.1) is 0 Å². The van der Waals surface area contributed by atoms with Gasteiger partial charge < -0.3 is 15.4 Å². The van der Waals surface area contributed by atoms with Gasteiger partial charge in [0.25, 0.3) is 0 Å². The van der Waals surface area contributed by atoms with E-state index in [0.29, 0.717) is 5.92 Å². The molecule has 2 amide bonds. The lowest BCUT2D eigenvalue weighted by molar-refractivity contribution is 0.0573. The van der Waals surface area contributed by atoms with Crippen LogP contribution in [0.2, 0.25) is 0 Å². The Balaban J connectivity index is 1.83. The lowest BCUT2D eigenvalue weighted by Gasteiger charge is -2.28. The zero-order chi connectivity index (χ0) is 15.8. The van der Waals surface area contributed by atoms with Crippen LogP contribution in [-0.4, -0.2) is 31.0 Å². The van der Waals surface area contributed by atoms with E-state index in [4.69, 9.17) is 4.74 Å². The van der Waals surface area contributed by atoms with Crippen LogP contribution < -0.4 is 10.6 Å². The summed E-state index contributed by atoms with van der Waals surface area (Å²) in [7, 11) is 0. The summed E-state index contributed by atoms with van der Waals surface area (Å²) in [5, 5.41) is 5.99. The van der Waals surface area contributed by atoms with Crippen LogP contribution in [0.4, 0.5) is 10.5 Å². The molecule has 1 aromatic rings. The third-order valence-corrected chi connectivity index (χ3v) is 4.94. The maximum absolute atomic E-state index is 12.1. The summed E-state index contributed by atoms with van der Waals surface area (Å²) < 4.78 is 5.37. The van der Waals surface area contributed by atoms with Crippen LogP contribution >= 0.6 is 11.8 Å². The molecule has 0 unspecified atom stereocenters. The van der Waals surface area contributed by atoms with E-state index in [2.05, 4.69) is 30.5 Å². The van der Waals surface area contributed by atoms with Crippen molar-refractivity contribution in [2.24, 2.45) is 5.92 Å². The zero-order valence-electron chi connectivity index (χ0n) is 13.4. The Morgan fingerprint density at radius 1 is 1.41 bits per heavy atom. The smallest absolute Gasteiger partial charge is 0.319 e. The van der Waals surface area contributed by atoms with Crippen molar-refractivity contribution >= 4 is 23.5 Å². The Morgan fingerprint density at radius 2 is 2.18 bits per heavy atom. The zero-order valence-corrected chi connectivity index (χ0v) is 14.2. The first-order valence-electron chi connectivity index (χ1n) is 8.01. The molecule has 5 heteroatoms. The Kier molecular flexibility index (Phi) is 7.06. The van der Waals surface area contributed by atoms with Crippen molar-refractivity contribution in [3.8, 4) is 0 Å². The molecule has 0 bridgehead atoms. The molecule has 2 N–H and O–H groups in total. The number of carbonyl (C=O) groups excluding carboxylic acids is 1. The summed E-state index contributed by atoms with van der Waals surface area (Å²) in [5.41, 5.74) is 2.09. The van der Waals surface area contributed by atoms with E-state index in [1.807, 2.05) is 30.0 Å². The highest BCUT2D eigenvalue weighted by molar-refractivity contribution is 7.98. The predicted octanol–water partition coefficient (Wildman–Crippen LogP) is 3.88. The molecule has 1 heterocycles. The van der Waals surface area contributed by atoms with Crippen molar-refractivity contribution in [3.05, 3.63) is 29.8 Å². The Labute approximate surface area is 137 Å². The monoisotopic (exact) mass is 322 g/mol. The normalized spacial score (nSPS) is 17.0. The summed E-state index contributed by atoms with van der Waals surface area (Å²) in [5.74, 6) is 2.58. The second-order valence-corrected chi connectivity index (χ2v) is 6.95. The lowest BCUT2D eigenvalue weighted by Crippen LogP contribution is -2.42. The summed E-state index contributed by atoms with van der Waals surface area (Å²) in [6, 6.07) is 8.10. The molecule has 0 aromatic heterocycles.